The first kappa shape index (κ1) is 20.0. The van der Waals surface area contributed by atoms with Crippen LogP contribution in [0, 0.1) is 6.92 Å². The van der Waals surface area contributed by atoms with E-state index in [1.54, 1.807) is 10.6 Å². The van der Waals surface area contributed by atoms with Gasteiger partial charge in [0.25, 0.3) is 5.56 Å². The summed E-state index contributed by atoms with van der Waals surface area (Å²) in [7, 11) is 0. The van der Waals surface area contributed by atoms with E-state index in [9.17, 15) is 4.79 Å². The second kappa shape index (κ2) is 8.33. The van der Waals surface area contributed by atoms with Crippen LogP contribution in [-0.4, -0.2) is 38.9 Å². The molecule has 3 heterocycles. The Balaban J connectivity index is 1.42. The van der Waals surface area contributed by atoms with Crippen molar-refractivity contribution < 1.29 is 0 Å². The van der Waals surface area contributed by atoms with Crippen LogP contribution in [0.25, 0.3) is 27.7 Å². The number of nitrogens with zero attached hydrogens (tertiary/aromatic N) is 4. The monoisotopic (exact) mass is 432 g/mol. The number of likely N-dealkylation sites (tertiary alicyclic amines) is 1. The molecule has 5 rings (SSSR count). The molecule has 1 saturated heterocycles. The summed E-state index contributed by atoms with van der Waals surface area (Å²) in [6.45, 7) is 6.30. The van der Waals surface area contributed by atoms with Gasteiger partial charge in [-0.05, 0) is 85.9 Å². The SMILES string of the molecule is Cc1cc(Cl)ccc1-c1ccn(-c2ccc3c(cnn3CCN3CCCC3)c2)c(=O)c1. The molecule has 1 aliphatic rings. The Hall–Kier alpha value is -2.89. The van der Waals surface area contributed by atoms with E-state index in [4.69, 9.17) is 11.6 Å². The maximum atomic E-state index is 12.9. The third-order valence-electron chi connectivity index (χ3n) is 6.15. The zero-order valence-electron chi connectivity index (χ0n) is 17.6. The van der Waals surface area contributed by atoms with E-state index in [1.807, 2.05) is 55.7 Å². The maximum Gasteiger partial charge on any atom is 0.255 e. The van der Waals surface area contributed by atoms with Gasteiger partial charge in [-0.15, -0.1) is 0 Å². The number of hydrogen-bond donors (Lipinski definition) is 0. The fourth-order valence-electron chi connectivity index (χ4n) is 4.46. The molecule has 1 fully saturated rings. The van der Waals surface area contributed by atoms with E-state index >= 15 is 0 Å². The van der Waals surface area contributed by atoms with Crippen LogP contribution in [0.3, 0.4) is 0 Å². The summed E-state index contributed by atoms with van der Waals surface area (Å²) < 4.78 is 3.74. The molecule has 0 radical (unpaired) electrons. The molecule has 2 aromatic heterocycles. The third kappa shape index (κ3) is 4.03. The second-order valence-electron chi connectivity index (χ2n) is 8.24. The minimum atomic E-state index is -0.0624. The van der Waals surface area contributed by atoms with Gasteiger partial charge < -0.3 is 4.90 Å². The summed E-state index contributed by atoms with van der Waals surface area (Å²) in [4.78, 5) is 15.4. The van der Waals surface area contributed by atoms with Crippen LogP contribution < -0.4 is 5.56 Å². The molecule has 158 valence electrons. The highest BCUT2D eigenvalue weighted by Gasteiger charge is 2.13. The lowest BCUT2D eigenvalue weighted by Crippen LogP contribution is -2.24. The summed E-state index contributed by atoms with van der Waals surface area (Å²) >= 11 is 6.07. The Morgan fingerprint density at radius 3 is 2.61 bits per heavy atom. The van der Waals surface area contributed by atoms with E-state index in [2.05, 4.69) is 20.7 Å². The highest BCUT2D eigenvalue weighted by Crippen LogP contribution is 2.25. The van der Waals surface area contributed by atoms with Gasteiger partial charge in [0.15, 0.2) is 0 Å². The van der Waals surface area contributed by atoms with Gasteiger partial charge in [-0.25, -0.2) is 0 Å². The molecule has 0 spiro atoms. The van der Waals surface area contributed by atoms with Crippen LogP contribution in [0.4, 0.5) is 0 Å². The molecular formula is C25H25ClN4O. The standard InChI is InChI=1S/C25H25ClN4O/c1-18-14-21(26)4-6-23(18)19-8-11-29(25(31)16-19)22-5-7-24-20(15-22)17-27-30(24)13-12-28-9-2-3-10-28/h4-8,11,14-17H,2-3,9-10,12-13H2,1H3. The van der Waals surface area contributed by atoms with E-state index in [1.165, 1.54) is 25.9 Å². The van der Waals surface area contributed by atoms with E-state index < -0.39 is 0 Å². The number of aromatic nitrogens is 3. The fourth-order valence-corrected chi connectivity index (χ4v) is 4.68. The molecule has 1 aliphatic heterocycles. The highest BCUT2D eigenvalue weighted by molar-refractivity contribution is 6.30. The Morgan fingerprint density at radius 2 is 1.84 bits per heavy atom. The molecule has 0 amide bonds. The van der Waals surface area contributed by atoms with Crippen molar-refractivity contribution in [3.63, 3.8) is 0 Å². The van der Waals surface area contributed by atoms with Gasteiger partial charge in [0, 0.05) is 34.9 Å². The van der Waals surface area contributed by atoms with Crippen molar-refractivity contribution >= 4 is 22.5 Å². The van der Waals surface area contributed by atoms with E-state index in [-0.39, 0.29) is 5.56 Å². The molecule has 6 heteroatoms. The van der Waals surface area contributed by atoms with Gasteiger partial charge in [0.05, 0.1) is 18.3 Å². The summed E-state index contributed by atoms with van der Waals surface area (Å²) in [6, 6.07) is 15.5. The predicted molar refractivity (Wildman–Crippen MR) is 126 cm³/mol. The Bertz CT molecular complexity index is 1300. The average Bonchev–Trinajstić information content (AvgIpc) is 3.41. The van der Waals surface area contributed by atoms with Crippen molar-refractivity contribution in [2.75, 3.05) is 19.6 Å². The Labute approximate surface area is 186 Å². The lowest BCUT2D eigenvalue weighted by Gasteiger charge is -2.14. The van der Waals surface area contributed by atoms with E-state index in [0.717, 1.165) is 46.4 Å². The number of halogens is 1. The molecule has 5 nitrogen and oxygen atoms in total. The summed E-state index contributed by atoms with van der Waals surface area (Å²) in [5.41, 5.74) is 4.84. The molecule has 0 N–H and O–H groups in total. The van der Waals surface area contributed by atoms with Gasteiger partial charge >= 0.3 is 0 Å². The van der Waals surface area contributed by atoms with Crippen LogP contribution in [0.2, 0.25) is 5.02 Å². The normalized spacial score (nSPS) is 14.5. The maximum absolute atomic E-state index is 12.9. The van der Waals surface area contributed by atoms with Crippen LogP contribution >= 0.6 is 11.6 Å². The molecule has 2 aromatic carbocycles. The smallest absolute Gasteiger partial charge is 0.255 e. The predicted octanol–water partition coefficient (Wildman–Crippen LogP) is 4.91. The highest BCUT2D eigenvalue weighted by atomic mass is 35.5. The zero-order valence-corrected chi connectivity index (χ0v) is 18.3. The molecule has 0 unspecified atom stereocenters. The molecular weight excluding hydrogens is 408 g/mol. The number of pyridine rings is 1. The first-order chi connectivity index (χ1) is 15.1. The van der Waals surface area contributed by atoms with Crippen LogP contribution in [-0.2, 0) is 6.54 Å². The third-order valence-corrected chi connectivity index (χ3v) is 6.38. The summed E-state index contributed by atoms with van der Waals surface area (Å²) in [6.07, 6.45) is 6.33. The summed E-state index contributed by atoms with van der Waals surface area (Å²) in [5.74, 6) is 0. The summed E-state index contributed by atoms with van der Waals surface area (Å²) in [5, 5.41) is 6.32. The fraction of sp³-hybridized carbons (Fsp3) is 0.280. The molecule has 4 aromatic rings. The number of hydrogen-bond acceptors (Lipinski definition) is 3. The number of aryl methyl sites for hydroxylation is 1. The molecule has 0 aliphatic carbocycles. The average molecular weight is 433 g/mol. The molecule has 0 atom stereocenters. The van der Waals surface area contributed by atoms with Gasteiger partial charge in [-0.2, -0.15) is 5.10 Å². The van der Waals surface area contributed by atoms with Crippen molar-refractivity contribution in [3.05, 3.63) is 81.9 Å². The van der Waals surface area contributed by atoms with Crippen molar-refractivity contribution in [3.8, 4) is 16.8 Å². The molecule has 0 bridgehead atoms. The van der Waals surface area contributed by atoms with Gasteiger partial charge in [-0.1, -0.05) is 17.7 Å². The minimum absolute atomic E-state index is 0.0624. The Kier molecular flexibility index (Phi) is 5.38. The molecule has 31 heavy (non-hydrogen) atoms. The quantitative estimate of drug-likeness (QED) is 0.450. The van der Waals surface area contributed by atoms with Crippen molar-refractivity contribution in [2.24, 2.45) is 0 Å². The van der Waals surface area contributed by atoms with Crippen molar-refractivity contribution in [1.82, 2.24) is 19.2 Å². The minimum Gasteiger partial charge on any atom is -0.301 e. The van der Waals surface area contributed by atoms with Crippen LogP contribution in [0.15, 0.2) is 65.7 Å². The number of fused-ring (bicyclic) bond motifs is 1. The number of benzene rings is 2. The Morgan fingerprint density at radius 1 is 1.00 bits per heavy atom. The van der Waals surface area contributed by atoms with Crippen LogP contribution in [0.1, 0.15) is 18.4 Å². The number of rotatable bonds is 5. The van der Waals surface area contributed by atoms with Crippen molar-refractivity contribution in [2.45, 2.75) is 26.3 Å². The van der Waals surface area contributed by atoms with Gasteiger partial charge in [0.1, 0.15) is 0 Å². The topological polar surface area (TPSA) is 43.1 Å². The van der Waals surface area contributed by atoms with Crippen molar-refractivity contribution in [1.29, 1.82) is 0 Å². The molecule has 0 saturated carbocycles. The lowest BCUT2D eigenvalue weighted by atomic mass is 10.0. The second-order valence-corrected chi connectivity index (χ2v) is 8.68. The first-order valence-corrected chi connectivity index (χ1v) is 11.1. The van der Waals surface area contributed by atoms with E-state index in [0.29, 0.717) is 5.02 Å². The first-order valence-electron chi connectivity index (χ1n) is 10.8. The zero-order chi connectivity index (χ0) is 21.4. The largest absolute Gasteiger partial charge is 0.301 e. The lowest BCUT2D eigenvalue weighted by molar-refractivity contribution is 0.318. The van der Waals surface area contributed by atoms with Gasteiger partial charge in [-0.3, -0.25) is 14.0 Å². The van der Waals surface area contributed by atoms with Gasteiger partial charge in [0.2, 0.25) is 0 Å². The van der Waals surface area contributed by atoms with Crippen LogP contribution in [0.5, 0.6) is 0 Å².